The summed E-state index contributed by atoms with van der Waals surface area (Å²) in [6, 6.07) is 5.43. The highest BCUT2D eigenvalue weighted by Crippen LogP contribution is 2.63. The number of H-pyrrole nitrogens is 1. The minimum Gasteiger partial charge on any atom is -0.469 e. The number of nitrogens with one attached hydrogen (secondary N) is 1. The summed E-state index contributed by atoms with van der Waals surface area (Å²) in [6.07, 6.45) is 4.12. The molecular weight excluding hydrogens is 332 g/mol. The number of ether oxygens (including phenoxy) is 1. The van der Waals surface area contributed by atoms with Crippen LogP contribution in [-0.4, -0.2) is 52.2 Å². The van der Waals surface area contributed by atoms with Crippen molar-refractivity contribution in [3.8, 4) is 11.3 Å². The third-order valence-electron chi connectivity index (χ3n) is 5.92. The lowest BCUT2D eigenvalue weighted by Crippen LogP contribution is -2.57. The van der Waals surface area contributed by atoms with E-state index in [1.54, 1.807) is 23.4 Å². The van der Waals surface area contributed by atoms with Crippen molar-refractivity contribution in [2.45, 2.75) is 20.3 Å². The Morgan fingerprint density at radius 1 is 1.31 bits per heavy atom. The number of carbonyl (C=O) groups is 2. The standard InChI is InChI=1S/C19H22N4O3/c1-18(2)10-19(17(25)26-3)11-23(9-15(18)19)16(24)14-8-13(21-22-14)12-4-6-20-7-5-12/h4-8,15H,9-11H2,1-3H3,(H,21,22)/t15-,19+/m1/s1. The van der Waals surface area contributed by atoms with Gasteiger partial charge in [0, 0.05) is 31.0 Å². The van der Waals surface area contributed by atoms with Crippen molar-refractivity contribution < 1.29 is 14.3 Å². The molecule has 0 radical (unpaired) electrons. The third-order valence-corrected chi connectivity index (χ3v) is 5.92. The van der Waals surface area contributed by atoms with E-state index in [-0.39, 0.29) is 23.2 Å². The fourth-order valence-corrected chi connectivity index (χ4v) is 4.80. The number of rotatable bonds is 3. The highest BCUT2D eigenvalue weighted by Gasteiger charge is 2.68. The van der Waals surface area contributed by atoms with Crippen LogP contribution in [0.4, 0.5) is 0 Å². The minimum absolute atomic E-state index is 0.0272. The lowest BCUT2D eigenvalue weighted by molar-refractivity contribution is -0.174. The van der Waals surface area contributed by atoms with Gasteiger partial charge in [0.25, 0.3) is 5.91 Å². The summed E-state index contributed by atoms with van der Waals surface area (Å²) in [6.45, 7) is 5.25. The van der Waals surface area contributed by atoms with Crippen LogP contribution in [0.15, 0.2) is 30.6 Å². The molecule has 7 heteroatoms. The number of aromatic nitrogens is 3. The van der Waals surface area contributed by atoms with Gasteiger partial charge in [-0.1, -0.05) is 13.8 Å². The Balaban J connectivity index is 1.57. The molecule has 2 aromatic heterocycles. The van der Waals surface area contributed by atoms with Gasteiger partial charge in [-0.25, -0.2) is 0 Å². The first kappa shape index (κ1) is 16.8. The minimum atomic E-state index is -0.568. The molecule has 2 aromatic rings. The number of nitrogens with zero attached hydrogens (tertiary/aromatic N) is 3. The number of methoxy groups -OCH3 is 1. The van der Waals surface area contributed by atoms with Crippen LogP contribution >= 0.6 is 0 Å². The summed E-state index contributed by atoms with van der Waals surface area (Å²) >= 11 is 0. The molecule has 3 heterocycles. The Labute approximate surface area is 151 Å². The zero-order valence-electron chi connectivity index (χ0n) is 15.2. The smallest absolute Gasteiger partial charge is 0.314 e. The summed E-state index contributed by atoms with van der Waals surface area (Å²) in [5.74, 6) is -0.223. The van der Waals surface area contributed by atoms with Crippen molar-refractivity contribution in [1.82, 2.24) is 20.1 Å². The van der Waals surface area contributed by atoms with E-state index in [0.717, 1.165) is 12.0 Å². The molecule has 2 aliphatic rings. The van der Waals surface area contributed by atoms with Gasteiger partial charge in [0.15, 0.2) is 0 Å². The average Bonchev–Trinajstić information content (AvgIpc) is 3.25. The molecule has 7 nitrogen and oxygen atoms in total. The Kier molecular flexibility index (Phi) is 3.64. The molecule has 0 bridgehead atoms. The van der Waals surface area contributed by atoms with E-state index in [4.69, 9.17) is 4.74 Å². The third kappa shape index (κ3) is 2.34. The topological polar surface area (TPSA) is 88.2 Å². The van der Waals surface area contributed by atoms with Gasteiger partial charge in [-0.3, -0.25) is 19.7 Å². The van der Waals surface area contributed by atoms with Crippen molar-refractivity contribution in [2.24, 2.45) is 16.7 Å². The maximum absolute atomic E-state index is 13.0. The van der Waals surface area contributed by atoms with Gasteiger partial charge in [-0.2, -0.15) is 5.10 Å². The van der Waals surface area contributed by atoms with E-state index >= 15 is 0 Å². The van der Waals surface area contributed by atoms with Crippen molar-refractivity contribution in [3.05, 3.63) is 36.3 Å². The largest absolute Gasteiger partial charge is 0.469 e. The van der Waals surface area contributed by atoms with Crippen molar-refractivity contribution in [3.63, 3.8) is 0 Å². The predicted molar refractivity (Wildman–Crippen MR) is 94.1 cm³/mol. The quantitative estimate of drug-likeness (QED) is 0.853. The highest BCUT2D eigenvalue weighted by molar-refractivity contribution is 5.94. The molecule has 1 amide bonds. The first-order chi connectivity index (χ1) is 12.4. The molecule has 1 N–H and O–H groups in total. The highest BCUT2D eigenvalue weighted by atomic mass is 16.5. The van der Waals surface area contributed by atoms with Crippen LogP contribution in [-0.2, 0) is 9.53 Å². The second-order valence-corrected chi connectivity index (χ2v) is 7.95. The second kappa shape index (κ2) is 5.65. The van der Waals surface area contributed by atoms with E-state index in [2.05, 4.69) is 29.0 Å². The number of esters is 1. The lowest BCUT2D eigenvalue weighted by atomic mass is 9.48. The number of hydrogen-bond acceptors (Lipinski definition) is 5. The SMILES string of the molecule is COC(=O)[C@@]12CN(C(=O)c3cc(-c4ccncc4)n[nH]3)C[C@@H]1C(C)(C)C2. The molecule has 1 saturated heterocycles. The maximum atomic E-state index is 13.0. The Morgan fingerprint density at radius 2 is 2.04 bits per heavy atom. The van der Waals surface area contributed by atoms with E-state index in [0.29, 0.717) is 24.5 Å². The van der Waals surface area contributed by atoms with Crippen molar-refractivity contribution >= 4 is 11.9 Å². The van der Waals surface area contributed by atoms with Gasteiger partial charge in [0.2, 0.25) is 0 Å². The number of amides is 1. The first-order valence-electron chi connectivity index (χ1n) is 8.71. The first-order valence-corrected chi connectivity index (χ1v) is 8.71. The van der Waals surface area contributed by atoms with Crippen molar-refractivity contribution in [2.75, 3.05) is 20.2 Å². The van der Waals surface area contributed by atoms with Crippen LogP contribution in [0.5, 0.6) is 0 Å². The zero-order valence-corrected chi connectivity index (χ0v) is 15.2. The Morgan fingerprint density at radius 3 is 2.69 bits per heavy atom. The van der Waals surface area contributed by atoms with Crippen LogP contribution in [0.1, 0.15) is 30.8 Å². The number of aromatic amines is 1. The summed E-state index contributed by atoms with van der Waals surface area (Å²) in [7, 11) is 1.42. The summed E-state index contributed by atoms with van der Waals surface area (Å²) in [5.41, 5.74) is 1.47. The van der Waals surface area contributed by atoms with E-state index < -0.39 is 5.41 Å². The number of hydrogen-bond donors (Lipinski definition) is 1. The number of carbonyl (C=O) groups excluding carboxylic acids is 2. The van der Waals surface area contributed by atoms with Gasteiger partial charge in [0.05, 0.1) is 18.2 Å². The normalized spacial score (nSPS) is 26.1. The van der Waals surface area contributed by atoms with E-state index in [1.165, 1.54) is 7.11 Å². The van der Waals surface area contributed by atoms with Crippen molar-refractivity contribution in [1.29, 1.82) is 0 Å². The van der Waals surface area contributed by atoms with Gasteiger partial charge < -0.3 is 9.64 Å². The average molecular weight is 354 g/mol. The van der Waals surface area contributed by atoms with Crippen LogP contribution in [0, 0.1) is 16.7 Å². The van der Waals surface area contributed by atoms with Gasteiger partial charge in [0.1, 0.15) is 5.69 Å². The van der Waals surface area contributed by atoms with Gasteiger partial charge in [-0.05, 0) is 36.0 Å². The predicted octanol–water partition coefficient (Wildman–Crippen LogP) is 2.13. The summed E-state index contributed by atoms with van der Waals surface area (Å²) in [4.78, 5) is 31.1. The fraction of sp³-hybridized carbons (Fsp3) is 0.474. The summed E-state index contributed by atoms with van der Waals surface area (Å²) < 4.78 is 5.04. The lowest BCUT2D eigenvalue weighted by Gasteiger charge is -2.54. The van der Waals surface area contributed by atoms with Crippen LogP contribution in [0.25, 0.3) is 11.3 Å². The molecule has 2 atom stereocenters. The number of likely N-dealkylation sites (tertiary alicyclic amines) is 1. The molecule has 1 aliphatic carbocycles. The number of fused-ring (bicyclic) bond motifs is 1. The monoisotopic (exact) mass is 354 g/mol. The molecule has 1 aliphatic heterocycles. The Bertz CT molecular complexity index is 861. The van der Waals surface area contributed by atoms with E-state index in [1.807, 2.05) is 12.1 Å². The van der Waals surface area contributed by atoms with Gasteiger partial charge in [-0.15, -0.1) is 0 Å². The molecule has 2 fully saturated rings. The van der Waals surface area contributed by atoms with Crippen LogP contribution in [0.3, 0.4) is 0 Å². The molecule has 0 spiro atoms. The molecule has 4 rings (SSSR count). The summed E-state index contributed by atoms with van der Waals surface area (Å²) in [5, 5.41) is 7.07. The molecular formula is C19H22N4O3. The molecule has 136 valence electrons. The molecule has 1 saturated carbocycles. The maximum Gasteiger partial charge on any atom is 0.314 e. The molecule has 26 heavy (non-hydrogen) atoms. The fourth-order valence-electron chi connectivity index (χ4n) is 4.80. The molecule has 0 unspecified atom stereocenters. The van der Waals surface area contributed by atoms with Crippen LogP contribution < -0.4 is 0 Å². The van der Waals surface area contributed by atoms with Gasteiger partial charge >= 0.3 is 5.97 Å². The zero-order chi connectivity index (χ0) is 18.5. The number of pyridine rings is 1. The van der Waals surface area contributed by atoms with Crippen LogP contribution in [0.2, 0.25) is 0 Å². The second-order valence-electron chi connectivity index (χ2n) is 7.95. The van der Waals surface area contributed by atoms with E-state index in [9.17, 15) is 9.59 Å². The molecule has 0 aromatic carbocycles. The Hall–Kier alpha value is -2.70.